The SMILES string of the molecule is CC(C)CNC/C=C/C(N)=O. The van der Waals surface area contributed by atoms with Crippen molar-refractivity contribution in [1.82, 2.24) is 5.32 Å². The predicted molar refractivity (Wildman–Crippen MR) is 46.0 cm³/mol. The summed E-state index contributed by atoms with van der Waals surface area (Å²) in [4.78, 5) is 10.2. The zero-order valence-electron chi connectivity index (χ0n) is 7.13. The Morgan fingerprint density at radius 3 is 2.73 bits per heavy atom. The maximum Gasteiger partial charge on any atom is 0.241 e. The van der Waals surface area contributed by atoms with Gasteiger partial charge in [-0.05, 0) is 18.5 Å². The minimum atomic E-state index is -0.392. The number of hydrogen-bond donors (Lipinski definition) is 2. The maximum atomic E-state index is 10.2. The van der Waals surface area contributed by atoms with E-state index in [1.54, 1.807) is 6.08 Å². The Morgan fingerprint density at radius 2 is 2.27 bits per heavy atom. The lowest BCUT2D eigenvalue weighted by Gasteiger charge is -2.03. The molecule has 0 spiro atoms. The molecule has 0 bridgehead atoms. The molecule has 1 amide bonds. The molecule has 0 aliphatic rings. The van der Waals surface area contributed by atoms with Crippen molar-refractivity contribution < 1.29 is 4.79 Å². The lowest BCUT2D eigenvalue weighted by atomic mass is 10.2. The van der Waals surface area contributed by atoms with E-state index in [0.29, 0.717) is 12.5 Å². The largest absolute Gasteiger partial charge is 0.366 e. The molecule has 0 unspecified atom stereocenters. The second kappa shape index (κ2) is 5.92. The van der Waals surface area contributed by atoms with E-state index in [2.05, 4.69) is 19.2 Å². The van der Waals surface area contributed by atoms with Crippen LogP contribution in [0.4, 0.5) is 0 Å². The summed E-state index contributed by atoms with van der Waals surface area (Å²) in [7, 11) is 0. The second-order valence-corrected chi connectivity index (χ2v) is 2.86. The monoisotopic (exact) mass is 156 g/mol. The van der Waals surface area contributed by atoms with Crippen molar-refractivity contribution >= 4 is 5.91 Å². The molecule has 0 saturated carbocycles. The molecule has 0 radical (unpaired) electrons. The Kier molecular flexibility index (Phi) is 5.47. The van der Waals surface area contributed by atoms with Crippen LogP contribution in [0.15, 0.2) is 12.2 Å². The number of rotatable bonds is 5. The average molecular weight is 156 g/mol. The van der Waals surface area contributed by atoms with Crippen LogP contribution in [0.5, 0.6) is 0 Å². The molecular formula is C8H16N2O. The van der Waals surface area contributed by atoms with Crippen molar-refractivity contribution in [3.8, 4) is 0 Å². The average Bonchev–Trinajstić information content (AvgIpc) is 1.85. The van der Waals surface area contributed by atoms with Crippen molar-refractivity contribution in [3.63, 3.8) is 0 Å². The fourth-order valence-electron chi connectivity index (χ4n) is 0.630. The molecule has 0 saturated heterocycles. The van der Waals surface area contributed by atoms with Gasteiger partial charge in [0, 0.05) is 6.54 Å². The molecule has 0 aromatic rings. The van der Waals surface area contributed by atoms with E-state index in [9.17, 15) is 4.79 Å². The molecule has 0 fully saturated rings. The van der Waals surface area contributed by atoms with Crippen LogP contribution in [0, 0.1) is 5.92 Å². The first-order valence-electron chi connectivity index (χ1n) is 3.79. The number of primary amides is 1. The smallest absolute Gasteiger partial charge is 0.241 e. The molecule has 0 aliphatic heterocycles. The third kappa shape index (κ3) is 9.17. The third-order valence-electron chi connectivity index (χ3n) is 1.10. The van der Waals surface area contributed by atoms with Gasteiger partial charge in [0.15, 0.2) is 0 Å². The fraction of sp³-hybridized carbons (Fsp3) is 0.625. The van der Waals surface area contributed by atoms with Crippen LogP contribution in [0.3, 0.4) is 0 Å². The Balaban J connectivity index is 3.21. The molecular weight excluding hydrogens is 140 g/mol. The lowest BCUT2D eigenvalue weighted by molar-refractivity contribution is -0.113. The van der Waals surface area contributed by atoms with E-state index in [1.165, 1.54) is 6.08 Å². The van der Waals surface area contributed by atoms with Gasteiger partial charge in [-0.2, -0.15) is 0 Å². The molecule has 3 N–H and O–H groups in total. The Hall–Kier alpha value is -0.830. The molecule has 0 atom stereocenters. The van der Waals surface area contributed by atoms with E-state index in [1.807, 2.05) is 0 Å². The maximum absolute atomic E-state index is 10.2. The minimum Gasteiger partial charge on any atom is -0.366 e. The van der Waals surface area contributed by atoms with Gasteiger partial charge in [0.05, 0.1) is 0 Å². The van der Waals surface area contributed by atoms with Gasteiger partial charge in [0.25, 0.3) is 0 Å². The number of amides is 1. The summed E-state index contributed by atoms with van der Waals surface area (Å²) in [6.07, 6.45) is 3.10. The highest BCUT2D eigenvalue weighted by Gasteiger charge is 1.89. The van der Waals surface area contributed by atoms with Gasteiger partial charge in [-0.3, -0.25) is 4.79 Å². The predicted octanol–water partition coefficient (Wildman–Crippen LogP) is 0.273. The van der Waals surface area contributed by atoms with Gasteiger partial charge in [-0.15, -0.1) is 0 Å². The zero-order valence-corrected chi connectivity index (χ0v) is 7.13. The molecule has 0 aromatic carbocycles. The number of carbonyl (C=O) groups excluding carboxylic acids is 1. The zero-order chi connectivity index (χ0) is 8.69. The molecule has 0 aliphatic carbocycles. The van der Waals surface area contributed by atoms with Crippen molar-refractivity contribution in [1.29, 1.82) is 0 Å². The molecule has 0 aromatic heterocycles. The molecule has 11 heavy (non-hydrogen) atoms. The first-order valence-corrected chi connectivity index (χ1v) is 3.79. The first kappa shape index (κ1) is 10.2. The van der Waals surface area contributed by atoms with Gasteiger partial charge in [-0.25, -0.2) is 0 Å². The van der Waals surface area contributed by atoms with Crippen molar-refractivity contribution in [2.45, 2.75) is 13.8 Å². The van der Waals surface area contributed by atoms with Gasteiger partial charge < -0.3 is 11.1 Å². The molecule has 0 rings (SSSR count). The van der Waals surface area contributed by atoms with Crippen LogP contribution < -0.4 is 11.1 Å². The summed E-state index contributed by atoms with van der Waals surface area (Å²) in [5, 5.41) is 3.15. The third-order valence-corrected chi connectivity index (χ3v) is 1.10. The second-order valence-electron chi connectivity index (χ2n) is 2.86. The van der Waals surface area contributed by atoms with Crippen molar-refractivity contribution in [2.75, 3.05) is 13.1 Å². The number of nitrogens with two attached hydrogens (primary N) is 1. The summed E-state index contributed by atoms with van der Waals surface area (Å²) in [5.74, 6) is 0.244. The van der Waals surface area contributed by atoms with Gasteiger partial charge in [-0.1, -0.05) is 19.9 Å². The molecule has 3 heteroatoms. The topological polar surface area (TPSA) is 55.1 Å². The van der Waals surface area contributed by atoms with Crippen molar-refractivity contribution in [2.24, 2.45) is 11.7 Å². The van der Waals surface area contributed by atoms with E-state index in [4.69, 9.17) is 5.73 Å². The van der Waals surface area contributed by atoms with Crippen LogP contribution in [0.1, 0.15) is 13.8 Å². The summed E-state index contributed by atoms with van der Waals surface area (Å²) in [6, 6.07) is 0. The highest BCUT2D eigenvalue weighted by Crippen LogP contribution is 1.85. The Bertz CT molecular complexity index is 141. The molecule has 0 heterocycles. The summed E-state index contributed by atoms with van der Waals surface area (Å²) >= 11 is 0. The van der Waals surface area contributed by atoms with Crippen molar-refractivity contribution in [3.05, 3.63) is 12.2 Å². The lowest BCUT2D eigenvalue weighted by Crippen LogP contribution is -2.19. The van der Waals surface area contributed by atoms with Crippen LogP contribution in [0.25, 0.3) is 0 Å². The highest BCUT2D eigenvalue weighted by atomic mass is 16.1. The fourth-order valence-corrected chi connectivity index (χ4v) is 0.630. The van der Waals surface area contributed by atoms with Gasteiger partial charge in [0.2, 0.25) is 5.91 Å². The molecule has 3 nitrogen and oxygen atoms in total. The quantitative estimate of drug-likeness (QED) is 0.443. The van der Waals surface area contributed by atoms with Crippen LogP contribution >= 0.6 is 0 Å². The van der Waals surface area contributed by atoms with Gasteiger partial charge in [0.1, 0.15) is 0 Å². The normalized spacial score (nSPS) is 11.2. The Morgan fingerprint density at radius 1 is 1.64 bits per heavy atom. The standard InChI is InChI=1S/C8H16N2O/c1-7(2)6-10-5-3-4-8(9)11/h3-4,7,10H,5-6H2,1-2H3,(H2,9,11)/b4-3+. The van der Waals surface area contributed by atoms with E-state index < -0.39 is 5.91 Å². The van der Waals surface area contributed by atoms with Gasteiger partial charge >= 0.3 is 0 Å². The summed E-state index contributed by atoms with van der Waals surface area (Å²) in [6.45, 7) is 5.93. The molecule has 64 valence electrons. The highest BCUT2D eigenvalue weighted by molar-refractivity contribution is 5.85. The first-order chi connectivity index (χ1) is 5.13. The van der Waals surface area contributed by atoms with Crippen LogP contribution in [-0.4, -0.2) is 19.0 Å². The Labute approximate surface area is 67.7 Å². The van der Waals surface area contributed by atoms with E-state index >= 15 is 0 Å². The van der Waals surface area contributed by atoms with Crippen LogP contribution in [0.2, 0.25) is 0 Å². The van der Waals surface area contributed by atoms with Crippen LogP contribution in [-0.2, 0) is 4.79 Å². The number of hydrogen-bond acceptors (Lipinski definition) is 2. The minimum absolute atomic E-state index is 0.392. The summed E-state index contributed by atoms with van der Waals surface area (Å²) < 4.78 is 0. The van der Waals surface area contributed by atoms with E-state index in [0.717, 1.165) is 6.54 Å². The number of nitrogens with one attached hydrogen (secondary N) is 1. The van der Waals surface area contributed by atoms with E-state index in [-0.39, 0.29) is 0 Å². The summed E-state index contributed by atoms with van der Waals surface area (Å²) in [5.41, 5.74) is 4.88. The number of carbonyl (C=O) groups is 1.